The number of carboxylic acid groups (broad SMARTS) is 2. The Hall–Kier alpha value is -1.06. The zero-order chi connectivity index (χ0) is 14.1. The summed E-state index contributed by atoms with van der Waals surface area (Å²) in [5.74, 6) is -2.49. The van der Waals surface area contributed by atoms with Gasteiger partial charge in [-0.25, -0.2) is 0 Å². The fraction of sp³-hybridized carbons (Fsp3) is 0.846. The van der Waals surface area contributed by atoms with Gasteiger partial charge in [0.25, 0.3) is 0 Å². The average molecular weight is 244 g/mol. The molecule has 0 aromatic carbocycles. The first-order chi connectivity index (χ1) is 7.51. The maximum absolute atomic E-state index is 11.7. The molecule has 4 heteroatoms. The first-order valence-corrected chi connectivity index (χ1v) is 5.98. The minimum Gasteiger partial charge on any atom is -0.480 e. The van der Waals surface area contributed by atoms with Crippen LogP contribution in [0.3, 0.4) is 0 Å². The van der Waals surface area contributed by atoms with Crippen molar-refractivity contribution < 1.29 is 19.8 Å². The van der Waals surface area contributed by atoms with E-state index in [0.717, 1.165) is 0 Å². The monoisotopic (exact) mass is 244 g/mol. The van der Waals surface area contributed by atoms with Crippen molar-refractivity contribution in [2.24, 2.45) is 16.2 Å². The fourth-order valence-electron chi connectivity index (χ4n) is 2.70. The first kappa shape index (κ1) is 15.9. The third kappa shape index (κ3) is 2.05. The van der Waals surface area contributed by atoms with E-state index in [0.29, 0.717) is 12.8 Å². The molecule has 0 unspecified atom stereocenters. The lowest BCUT2D eigenvalue weighted by atomic mass is 9.51. The number of hydrogen-bond acceptors (Lipinski definition) is 2. The summed E-state index contributed by atoms with van der Waals surface area (Å²) in [6.45, 7) is 10.5. The maximum Gasteiger partial charge on any atom is 0.322 e. The van der Waals surface area contributed by atoms with Crippen molar-refractivity contribution in [3.8, 4) is 0 Å². The number of rotatable bonds is 6. The summed E-state index contributed by atoms with van der Waals surface area (Å²) in [5, 5.41) is 19.1. The Kier molecular flexibility index (Phi) is 4.38. The van der Waals surface area contributed by atoms with E-state index in [-0.39, 0.29) is 0 Å². The molecular weight excluding hydrogens is 220 g/mol. The fourth-order valence-corrected chi connectivity index (χ4v) is 2.70. The summed E-state index contributed by atoms with van der Waals surface area (Å²) in [5.41, 5.74) is -3.40. The predicted octanol–water partition coefficient (Wildman–Crippen LogP) is 3.01. The predicted molar refractivity (Wildman–Crippen MR) is 65.8 cm³/mol. The van der Waals surface area contributed by atoms with Gasteiger partial charge in [-0.15, -0.1) is 0 Å². The van der Waals surface area contributed by atoms with Gasteiger partial charge in [0.15, 0.2) is 5.41 Å². The van der Waals surface area contributed by atoms with Gasteiger partial charge in [-0.2, -0.15) is 0 Å². The average Bonchev–Trinajstić information content (AvgIpc) is 2.16. The van der Waals surface area contributed by atoms with Gasteiger partial charge < -0.3 is 10.2 Å². The maximum atomic E-state index is 11.7. The molecule has 4 nitrogen and oxygen atoms in total. The van der Waals surface area contributed by atoms with Crippen molar-refractivity contribution in [2.75, 3.05) is 0 Å². The molecule has 0 fully saturated rings. The molecule has 17 heavy (non-hydrogen) atoms. The molecule has 0 aromatic rings. The van der Waals surface area contributed by atoms with Crippen LogP contribution < -0.4 is 0 Å². The molecule has 0 rings (SSSR count). The molecule has 0 bridgehead atoms. The second-order valence-corrected chi connectivity index (χ2v) is 5.84. The Balaban J connectivity index is 6.17. The van der Waals surface area contributed by atoms with E-state index >= 15 is 0 Å². The van der Waals surface area contributed by atoms with Gasteiger partial charge in [0.05, 0.1) is 0 Å². The molecule has 100 valence electrons. The first-order valence-electron chi connectivity index (χ1n) is 5.98. The van der Waals surface area contributed by atoms with Crippen LogP contribution in [0.5, 0.6) is 0 Å². The SMILES string of the molecule is CCC(C)(C)C(C(=O)O)(C(=O)O)C(C)(C)CC. The molecule has 0 aliphatic rings. The second kappa shape index (κ2) is 4.67. The number of carbonyl (C=O) groups is 2. The summed E-state index contributed by atoms with van der Waals surface area (Å²) in [6, 6.07) is 0. The highest BCUT2D eigenvalue weighted by Crippen LogP contribution is 2.55. The summed E-state index contributed by atoms with van der Waals surface area (Å²) in [4.78, 5) is 23.4. The van der Waals surface area contributed by atoms with E-state index in [9.17, 15) is 19.8 Å². The number of carboxylic acids is 2. The van der Waals surface area contributed by atoms with E-state index in [1.54, 1.807) is 27.7 Å². The van der Waals surface area contributed by atoms with E-state index < -0.39 is 28.2 Å². The third-order valence-electron chi connectivity index (χ3n) is 4.44. The Morgan fingerprint density at radius 2 is 1.06 bits per heavy atom. The molecule has 0 spiro atoms. The van der Waals surface area contributed by atoms with Crippen LogP contribution in [0.15, 0.2) is 0 Å². The van der Waals surface area contributed by atoms with Crippen LogP contribution in [0.4, 0.5) is 0 Å². The third-order valence-corrected chi connectivity index (χ3v) is 4.44. The molecule has 0 aliphatic carbocycles. The van der Waals surface area contributed by atoms with Crippen molar-refractivity contribution in [1.82, 2.24) is 0 Å². The zero-order valence-electron chi connectivity index (χ0n) is 11.6. The molecule has 0 aromatic heterocycles. The van der Waals surface area contributed by atoms with Crippen LogP contribution in [-0.2, 0) is 9.59 Å². The van der Waals surface area contributed by atoms with E-state index in [4.69, 9.17) is 0 Å². The Labute approximate surface area is 103 Å². The smallest absolute Gasteiger partial charge is 0.322 e. The highest BCUT2D eigenvalue weighted by molar-refractivity contribution is 6.00. The van der Waals surface area contributed by atoms with Gasteiger partial charge in [-0.3, -0.25) is 9.59 Å². The lowest BCUT2D eigenvalue weighted by molar-refractivity contribution is -0.189. The molecule has 0 saturated carbocycles. The van der Waals surface area contributed by atoms with E-state index in [1.165, 1.54) is 0 Å². The molecule has 0 radical (unpaired) electrons. The van der Waals surface area contributed by atoms with Gasteiger partial charge >= 0.3 is 11.9 Å². The van der Waals surface area contributed by atoms with Crippen LogP contribution in [0.2, 0.25) is 0 Å². The van der Waals surface area contributed by atoms with Crippen molar-refractivity contribution in [1.29, 1.82) is 0 Å². The van der Waals surface area contributed by atoms with Crippen molar-refractivity contribution in [3.05, 3.63) is 0 Å². The van der Waals surface area contributed by atoms with Crippen molar-refractivity contribution >= 4 is 11.9 Å². The molecule has 0 aliphatic heterocycles. The summed E-state index contributed by atoms with van der Waals surface area (Å²) < 4.78 is 0. The lowest BCUT2D eigenvalue weighted by Crippen LogP contribution is -2.59. The van der Waals surface area contributed by atoms with Crippen LogP contribution in [-0.4, -0.2) is 22.2 Å². The van der Waals surface area contributed by atoms with Gasteiger partial charge in [0, 0.05) is 0 Å². The minimum absolute atomic E-state index is 0.495. The standard InChI is InChI=1S/C13H24O4/c1-7-11(3,4)13(9(14)15,10(16)17)12(5,6)8-2/h7-8H2,1-6H3,(H,14,15)(H,16,17). The van der Waals surface area contributed by atoms with Crippen LogP contribution in [0, 0.1) is 16.2 Å². The van der Waals surface area contributed by atoms with Gasteiger partial charge in [-0.05, 0) is 23.7 Å². The quantitative estimate of drug-likeness (QED) is 0.704. The van der Waals surface area contributed by atoms with Crippen molar-refractivity contribution in [3.63, 3.8) is 0 Å². The molecule has 0 amide bonds. The molecule has 0 atom stereocenters. The normalized spacial score (nSPS) is 13.5. The Morgan fingerprint density at radius 1 is 0.824 bits per heavy atom. The minimum atomic E-state index is -1.77. The lowest BCUT2D eigenvalue weighted by Gasteiger charge is -2.49. The van der Waals surface area contributed by atoms with Gasteiger partial charge in [0.2, 0.25) is 0 Å². The van der Waals surface area contributed by atoms with Gasteiger partial charge in [0.1, 0.15) is 0 Å². The molecular formula is C13H24O4. The van der Waals surface area contributed by atoms with E-state index in [2.05, 4.69) is 0 Å². The zero-order valence-corrected chi connectivity index (χ0v) is 11.6. The largest absolute Gasteiger partial charge is 0.480 e. The molecule has 0 heterocycles. The Bertz CT molecular complexity index is 283. The van der Waals surface area contributed by atoms with Gasteiger partial charge in [-0.1, -0.05) is 41.5 Å². The van der Waals surface area contributed by atoms with Crippen LogP contribution >= 0.6 is 0 Å². The molecule has 2 N–H and O–H groups in total. The topological polar surface area (TPSA) is 74.6 Å². The highest BCUT2D eigenvalue weighted by atomic mass is 16.4. The number of aliphatic carboxylic acids is 2. The summed E-state index contributed by atoms with van der Waals surface area (Å²) in [6.07, 6.45) is 0.990. The van der Waals surface area contributed by atoms with Crippen molar-refractivity contribution in [2.45, 2.75) is 54.4 Å². The van der Waals surface area contributed by atoms with Crippen LogP contribution in [0.25, 0.3) is 0 Å². The van der Waals surface area contributed by atoms with E-state index in [1.807, 2.05) is 13.8 Å². The Morgan fingerprint density at radius 3 is 1.18 bits per heavy atom. The van der Waals surface area contributed by atoms with Crippen LogP contribution in [0.1, 0.15) is 54.4 Å². The summed E-state index contributed by atoms with van der Waals surface area (Å²) in [7, 11) is 0. The number of hydrogen-bond donors (Lipinski definition) is 2. The summed E-state index contributed by atoms with van der Waals surface area (Å²) >= 11 is 0. The molecule has 0 saturated heterocycles. The highest BCUT2D eigenvalue weighted by Gasteiger charge is 2.64. The second-order valence-electron chi connectivity index (χ2n) is 5.84.